The molecule has 15 nitrogen and oxygen atoms in total. The molecule has 0 bridgehead atoms. The smallest absolute Gasteiger partial charge is 0.303 e. The second kappa shape index (κ2) is 15.5. The number of primary amides is 1. The quantitative estimate of drug-likeness (QED) is 0.0722. The maximum absolute atomic E-state index is 13.7. The molecule has 10 N–H and O–H groups in total. The number of benzene rings is 2. The van der Waals surface area contributed by atoms with Crippen LogP contribution in [0.25, 0.3) is 16.9 Å². The molecule has 3 rings (SSSR count). The van der Waals surface area contributed by atoms with Crippen molar-refractivity contribution in [2.45, 2.75) is 44.7 Å². The second-order valence-electron chi connectivity index (χ2n) is 9.74. The van der Waals surface area contributed by atoms with Crippen LogP contribution in [0.15, 0.2) is 65.7 Å². The van der Waals surface area contributed by atoms with E-state index in [-0.39, 0.29) is 36.7 Å². The predicted octanol–water partition coefficient (Wildman–Crippen LogP) is 0.485. The van der Waals surface area contributed by atoms with Gasteiger partial charge in [0.25, 0.3) is 5.91 Å². The zero-order valence-electron chi connectivity index (χ0n) is 24.0. The minimum absolute atomic E-state index is 0.0106. The Labute approximate surface area is 252 Å². The highest BCUT2D eigenvalue weighted by molar-refractivity contribution is 6.08. The van der Waals surface area contributed by atoms with E-state index in [1.54, 1.807) is 60.7 Å². The summed E-state index contributed by atoms with van der Waals surface area (Å²) in [6.07, 6.45) is -0.175. The lowest BCUT2D eigenvalue weighted by Crippen LogP contribution is -2.45. The summed E-state index contributed by atoms with van der Waals surface area (Å²) in [5.74, 6) is -4.23. The van der Waals surface area contributed by atoms with Crippen LogP contribution in [0.4, 0.5) is 5.69 Å². The molecule has 0 aliphatic rings. The molecule has 1 heterocycles. The topological polar surface area (TPSA) is 250 Å². The Bertz CT molecular complexity index is 1520. The maximum Gasteiger partial charge on any atom is 0.303 e. The number of carbonyl (C=O) groups excluding carboxylic acids is 4. The number of hydrogen-bond acceptors (Lipinski definition) is 7. The Morgan fingerprint density at radius 1 is 0.909 bits per heavy atom. The molecule has 2 atom stereocenters. The van der Waals surface area contributed by atoms with Gasteiger partial charge in [0, 0.05) is 25.5 Å². The van der Waals surface area contributed by atoms with Crippen molar-refractivity contribution in [3.8, 4) is 16.9 Å². The van der Waals surface area contributed by atoms with Crippen LogP contribution in [-0.2, 0) is 19.2 Å². The summed E-state index contributed by atoms with van der Waals surface area (Å²) in [6.45, 7) is 1.48. The molecule has 0 aliphatic carbocycles. The predicted molar refractivity (Wildman–Crippen MR) is 162 cm³/mol. The number of hydrogen-bond donors (Lipinski definition) is 7. The standard InChI is InChI=1S/C29H35N9O6/c1-17(39)34-21(13-8-16-33-29(31)32)27(43)36-23-24(28(44)35-20(26(30)42)14-15-22(40)41)37-38(19-11-6-3-7-12-19)25(23)18-9-4-2-5-10-18/h2-7,9-12,20-21H,8,13-16H2,1H3,(H2,30,42)(H,34,39)(H,35,44)(H,36,43)(H,40,41)(H4,31,32,33). The third-order valence-corrected chi connectivity index (χ3v) is 6.33. The first-order chi connectivity index (χ1) is 21.0. The monoisotopic (exact) mass is 605 g/mol. The summed E-state index contributed by atoms with van der Waals surface area (Å²) >= 11 is 0. The van der Waals surface area contributed by atoms with Gasteiger partial charge >= 0.3 is 5.97 Å². The van der Waals surface area contributed by atoms with E-state index in [4.69, 9.17) is 22.3 Å². The van der Waals surface area contributed by atoms with E-state index in [2.05, 4.69) is 26.0 Å². The number of aliphatic imine (C=N–C) groups is 1. The fourth-order valence-corrected chi connectivity index (χ4v) is 4.32. The fourth-order valence-electron chi connectivity index (χ4n) is 4.32. The van der Waals surface area contributed by atoms with Gasteiger partial charge in [-0.15, -0.1) is 0 Å². The number of para-hydroxylation sites is 1. The molecule has 1 aromatic heterocycles. The lowest BCUT2D eigenvalue weighted by molar-refractivity contribution is -0.137. The highest BCUT2D eigenvalue weighted by atomic mass is 16.4. The molecule has 0 saturated carbocycles. The van der Waals surface area contributed by atoms with Crippen LogP contribution in [0.3, 0.4) is 0 Å². The van der Waals surface area contributed by atoms with E-state index in [1.807, 2.05) is 0 Å². The van der Waals surface area contributed by atoms with Crippen molar-refractivity contribution in [1.29, 1.82) is 0 Å². The number of carboxylic acids is 1. The van der Waals surface area contributed by atoms with Gasteiger partial charge in [-0.05, 0) is 31.4 Å². The first-order valence-corrected chi connectivity index (χ1v) is 13.7. The summed E-state index contributed by atoms with van der Waals surface area (Å²) in [4.78, 5) is 66.4. The van der Waals surface area contributed by atoms with Crippen LogP contribution in [0, 0.1) is 0 Å². The lowest BCUT2D eigenvalue weighted by Gasteiger charge is -2.19. The highest BCUT2D eigenvalue weighted by Crippen LogP contribution is 2.34. The second-order valence-corrected chi connectivity index (χ2v) is 9.74. The van der Waals surface area contributed by atoms with Gasteiger partial charge in [0.1, 0.15) is 17.8 Å². The SMILES string of the molecule is CC(=O)NC(CCCN=C(N)N)C(=O)Nc1c(C(=O)NC(CCC(=O)O)C(N)=O)nn(-c2ccccc2)c1-c1ccccc1. The third kappa shape index (κ3) is 9.14. The maximum atomic E-state index is 13.7. The Hall–Kier alpha value is -5.73. The zero-order valence-corrected chi connectivity index (χ0v) is 24.0. The number of anilines is 1. The van der Waals surface area contributed by atoms with Crippen LogP contribution in [0.2, 0.25) is 0 Å². The normalized spacial score (nSPS) is 11.9. The molecular weight excluding hydrogens is 570 g/mol. The van der Waals surface area contributed by atoms with E-state index >= 15 is 0 Å². The number of amides is 4. The van der Waals surface area contributed by atoms with Crippen molar-refractivity contribution in [1.82, 2.24) is 20.4 Å². The van der Waals surface area contributed by atoms with Crippen molar-refractivity contribution in [3.63, 3.8) is 0 Å². The lowest BCUT2D eigenvalue weighted by atomic mass is 10.1. The highest BCUT2D eigenvalue weighted by Gasteiger charge is 2.31. The van der Waals surface area contributed by atoms with Crippen LogP contribution in [-0.4, -0.2) is 69.1 Å². The fraction of sp³-hybridized carbons (Fsp3) is 0.276. The molecule has 0 radical (unpaired) electrons. The summed E-state index contributed by atoms with van der Waals surface area (Å²) in [5.41, 5.74) is 17.4. The average Bonchev–Trinajstić information content (AvgIpc) is 3.36. The van der Waals surface area contributed by atoms with Crippen molar-refractivity contribution < 1.29 is 29.1 Å². The summed E-state index contributed by atoms with van der Waals surface area (Å²) in [6, 6.07) is 15.3. The van der Waals surface area contributed by atoms with Crippen LogP contribution < -0.4 is 33.2 Å². The van der Waals surface area contributed by atoms with E-state index in [0.717, 1.165) is 0 Å². The number of nitrogens with one attached hydrogen (secondary N) is 3. The largest absolute Gasteiger partial charge is 0.481 e. The molecule has 0 fully saturated rings. The summed E-state index contributed by atoms with van der Waals surface area (Å²) in [5, 5.41) is 21.4. The molecule has 4 amide bonds. The minimum atomic E-state index is -1.33. The molecule has 0 saturated heterocycles. The molecule has 232 valence electrons. The van der Waals surface area contributed by atoms with Gasteiger partial charge in [0.2, 0.25) is 17.7 Å². The van der Waals surface area contributed by atoms with Gasteiger partial charge in [0.05, 0.1) is 11.4 Å². The van der Waals surface area contributed by atoms with Gasteiger partial charge in [-0.2, -0.15) is 5.10 Å². The van der Waals surface area contributed by atoms with Gasteiger partial charge in [-0.3, -0.25) is 29.0 Å². The van der Waals surface area contributed by atoms with Gasteiger partial charge in [-0.1, -0.05) is 48.5 Å². The Morgan fingerprint density at radius 2 is 1.55 bits per heavy atom. The van der Waals surface area contributed by atoms with Crippen molar-refractivity contribution in [2.24, 2.45) is 22.2 Å². The zero-order chi connectivity index (χ0) is 32.2. The molecule has 2 unspecified atom stereocenters. The molecule has 0 aliphatic heterocycles. The molecule has 44 heavy (non-hydrogen) atoms. The first-order valence-electron chi connectivity index (χ1n) is 13.7. The van der Waals surface area contributed by atoms with Crippen LogP contribution in [0.1, 0.15) is 43.1 Å². The van der Waals surface area contributed by atoms with Crippen molar-refractivity contribution in [3.05, 3.63) is 66.4 Å². The molecule has 2 aromatic carbocycles. The number of nitrogens with two attached hydrogens (primary N) is 3. The number of aromatic nitrogens is 2. The molecule has 3 aromatic rings. The number of aliphatic carboxylic acids is 1. The van der Waals surface area contributed by atoms with Gasteiger partial charge < -0.3 is 38.3 Å². The van der Waals surface area contributed by atoms with Crippen LogP contribution >= 0.6 is 0 Å². The first kappa shape index (κ1) is 32.8. The minimum Gasteiger partial charge on any atom is -0.481 e. The Kier molecular flexibility index (Phi) is 11.5. The third-order valence-electron chi connectivity index (χ3n) is 6.33. The van der Waals surface area contributed by atoms with Crippen molar-refractivity contribution >= 4 is 41.2 Å². The summed E-state index contributed by atoms with van der Waals surface area (Å²) < 4.78 is 1.46. The van der Waals surface area contributed by atoms with E-state index in [0.29, 0.717) is 23.4 Å². The van der Waals surface area contributed by atoms with E-state index in [1.165, 1.54) is 11.6 Å². The van der Waals surface area contributed by atoms with E-state index in [9.17, 15) is 24.0 Å². The Morgan fingerprint density at radius 3 is 2.11 bits per heavy atom. The number of carbonyl (C=O) groups is 5. The average molecular weight is 606 g/mol. The number of guanidine groups is 1. The van der Waals surface area contributed by atoms with Gasteiger partial charge in [-0.25, -0.2) is 4.68 Å². The number of nitrogens with zero attached hydrogens (tertiary/aromatic N) is 3. The van der Waals surface area contributed by atoms with Gasteiger partial charge in [0.15, 0.2) is 11.7 Å². The molecular formula is C29H35N9O6. The van der Waals surface area contributed by atoms with Crippen molar-refractivity contribution in [2.75, 3.05) is 11.9 Å². The van der Waals surface area contributed by atoms with E-state index < -0.39 is 48.1 Å². The number of rotatable bonds is 15. The molecule has 0 spiro atoms. The summed E-state index contributed by atoms with van der Waals surface area (Å²) in [7, 11) is 0. The molecule has 15 heteroatoms. The van der Waals surface area contributed by atoms with Crippen LogP contribution in [0.5, 0.6) is 0 Å². The Balaban J connectivity index is 2.13. The number of carboxylic acid groups (broad SMARTS) is 1.